The SMILES string of the molecule is CNCC1CC(OCc2ccccc2F)C1. The molecule has 0 aromatic heterocycles. The van der Waals surface area contributed by atoms with Crippen LogP contribution >= 0.6 is 0 Å². The molecule has 0 bridgehead atoms. The van der Waals surface area contributed by atoms with E-state index in [-0.39, 0.29) is 5.82 Å². The molecule has 1 aliphatic rings. The number of nitrogens with one attached hydrogen (secondary N) is 1. The maximum Gasteiger partial charge on any atom is 0.128 e. The van der Waals surface area contributed by atoms with Crippen molar-refractivity contribution >= 4 is 0 Å². The molecule has 1 aromatic rings. The quantitative estimate of drug-likeness (QED) is 0.827. The van der Waals surface area contributed by atoms with Crippen LogP contribution in [0.1, 0.15) is 18.4 Å². The molecule has 3 heteroatoms. The van der Waals surface area contributed by atoms with Gasteiger partial charge in [0.15, 0.2) is 0 Å². The molecular formula is C13H18FNO. The Labute approximate surface area is 95.8 Å². The highest BCUT2D eigenvalue weighted by Gasteiger charge is 2.29. The van der Waals surface area contributed by atoms with E-state index in [1.165, 1.54) is 6.07 Å². The zero-order valence-corrected chi connectivity index (χ0v) is 9.58. The summed E-state index contributed by atoms with van der Waals surface area (Å²) < 4.78 is 18.9. The Morgan fingerprint density at radius 2 is 2.12 bits per heavy atom. The lowest BCUT2D eigenvalue weighted by molar-refractivity contribution is -0.0399. The number of halogens is 1. The van der Waals surface area contributed by atoms with Gasteiger partial charge in [-0.15, -0.1) is 0 Å². The van der Waals surface area contributed by atoms with Gasteiger partial charge in [0, 0.05) is 5.56 Å². The summed E-state index contributed by atoms with van der Waals surface area (Å²) in [6, 6.07) is 6.79. The summed E-state index contributed by atoms with van der Waals surface area (Å²) in [7, 11) is 1.97. The van der Waals surface area contributed by atoms with Gasteiger partial charge >= 0.3 is 0 Å². The van der Waals surface area contributed by atoms with E-state index in [1.807, 2.05) is 13.1 Å². The van der Waals surface area contributed by atoms with Crippen LogP contribution < -0.4 is 5.32 Å². The second kappa shape index (κ2) is 5.41. The molecule has 0 heterocycles. The first-order chi connectivity index (χ1) is 7.79. The summed E-state index contributed by atoms with van der Waals surface area (Å²) in [5, 5.41) is 3.16. The lowest BCUT2D eigenvalue weighted by Crippen LogP contribution is -2.36. The monoisotopic (exact) mass is 223 g/mol. The van der Waals surface area contributed by atoms with Crippen molar-refractivity contribution in [3.05, 3.63) is 35.6 Å². The van der Waals surface area contributed by atoms with Crippen molar-refractivity contribution in [2.75, 3.05) is 13.6 Å². The minimum absolute atomic E-state index is 0.173. The summed E-state index contributed by atoms with van der Waals surface area (Å²) >= 11 is 0. The van der Waals surface area contributed by atoms with E-state index in [9.17, 15) is 4.39 Å². The third-order valence-electron chi connectivity index (χ3n) is 3.12. The van der Waals surface area contributed by atoms with Gasteiger partial charge in [-0.05, 0) is 38.4 Å². The van der Waals surface area contributed by atoms with Crippen molar-refractivity contribution in [3.63, 3.8) is 0 Å². The number of ether oxygens (including phenoxy) is 1. The van der Waals surface area contributed by atoms with Crippen molar-refractivity contribution in [3.8, 4) is 0 Å². The van der Waals surface area contributed by atoms with E-state index >= 15 is 0 Å². The molecule has 0 radical (unpaired) electrons. The topological polar surface area (TPSA) is 21.3 Å². The van der Waals surface area contributed by atoms with E-state index in [2.05, 4.69) is 5.32 Å². The Morgan fingerprint density at radius 1 is 1.38 bits per heavy atom. The van der Waals surface area contributed by atoms with Crippen molar-refractivity contribution < 1.29 is 9.13 Å². The lowest BCUT2D eigenvalue weighted by atomic mass is 9.82. The predicted molar refractivity (Wildman–Crippen MR) is 61.6 cm³/mol. The molecule has 1 saturated carbocycles. The van der Waals surface area contributed by atoms with Crippen molar-refractivity contribution in [2.45, 2.75) is 25.6 Å². The zero-order valence-electron chi connectivity index (χ0n) is 9.58. The lowest BCUT2D eigenvalue weighted by Gasteiger charge is -2.35. The third kappa shape index (κ3) is 2.80. The Bertz CT molecular complexity index is 336. The van der Waals surface area contributed by atoms with Crippen LogP contribution in [0.15, 0.2) is 24.3 Å². The highest BCUT2D eigenvalue weighted by atomic mass is 19.1. The Balaban J connectivity index is 1.72. The van der Waals surface area contributed by atoms with Crippen molar-refractivity contribution in [1.82, 2.24) is 5.32 Å². The number of rotatable bonds is 5. The molecule has 1 aromatic carbocycles. The Kier molecular flexibility index (Phi) is 3.91. The van der Waals surface area contributed by atoms with E-state index in [0.29, 0.717) is 18.3 Å². The molecular weight excluding hydrogens is 205 g/mol. The average molecular weight is 223 g/mol. The van der Waals surface area contributed by atoms with E-state index in [1.54, 1.807) is 12.1 Å². The number of hydrogen-bond donors (Lipinski definition) is 1. The van der Waals surface area contributed by atoms with Crippen LogP contribution in [0.2, 0.25) is 0 Å². The summed E-state index contributed by atoms with van der Waals surface area (Å²) in [6.07, 6.45) is 2.50. The van der Waals surface area contributed by atoms with E-state index in [0.717, 1.165) is 25.3 Å². The molecule has 0 amide bonds. The normalized spacial score (nSPS) is 24.1. The van der Waals surface area contributed by atoms with Crippen LogP contribution in [-0.2, 0) is 11.3 Å². The molecule has 88 valence electrons. The molecule has 1 N–H and O–H groups in total. The standard InChI is InChI=1S/C13H18FNO/c1-15-8-10-6-12(7-10)16-9-11-4-2-3-5-13(11)14/h2-5,10,12,15H,6-9H2,1H3. The first-order valence-corrected chi connectivity index (χ1v) is 5.79. The summed E-state index contributed by atoms with van der Waals surface area (Å²) in [4.78, 5) is 0. The van der Waals surface area contributed by atoms with E-state index < -0.39 is 0 Å². The fourth-order valence-electron chi connectivity index (χ4n) is 2.09. The molecule has 2 rings (SSSR count). The number of benzene rings is 1. The molecule has 0 spiro atoms. The van der Waals surface area contributed by atoms with Gasteiger partial charge in [0.05, 0.1) is 12.7 Å². The first kappa shape index (κ1) is 11.6. The van der Waals surface area contributed by atoms with Crippen LogP contribution in [0.25, 0.3) is 0 Å². The van der Waals surface area contributed by atoms with Gasteiger partial charge in [-0.2, -0.15) is 0 Å². The maximum absolute atomic E-state index is 13.3. The fraction of sp³-hybridized carbons (Fsp3) is 0.538. The summed E-state index contributed by atoms with van der Waals surface area (Å²) in [5.41, 5.74) is 0.652. The smallest absolute Gasteiger partial charge is 0.128 e. The molecule has 0 atom stereocenters. The molecule has 16 heavy (non-hydrogen) atoms. The average Bonchev–Trinajstić information content (AvgIpc) is 2.23. The van der Waals surface area contributed by atoms with Gasteiger partial charge in [-0.25, -0.2) is 4.39 Å². The van der Waals surface area contributed by atoms with Crippen LogP contribution in [0.3, 0.4) is 0 Å². The molecule has 1 fully saturated rings. The van der Waals surface area contributed by atoms with Gasteiger partial charge in [0.1, 0.15) is 5.82 Å². The molecule has 2 nitrogen and oxygen atoms in total. The summed E-state index contributed by atoms with van der Waals surface area (Å²) in [5.74, 6) is 0.559. The second-order valence-electron chi connectivity index (χ2n) is 4.42. The molecule has 0 unspecified atom stereocenters. The van der Waals surface area contributed by atoms with Crippen LogP contribution in [0, 0.1) is 11.7 Å². The highest BCUT2D eigenvalue weighted by Crippen LogP contribution is 2.30. The van der Waals surface area contributed by atoms with Gasteiger partial charge in [-0.3, -0.25) is 0 Å². The van der Waals surface area contributed by atoms with Crippen molar-refractivity contribution in [2.24, 2.45) is 5.92 Å². The van der Waals surface area contributed by atoms with Crippen LogP contribution in [-0.4, -0.2) is 19.7 Å². The Hall–Kier alpha value is -0.930. The van der Waals surface area contributed by atoms with Gasteiger partial charge in [0.25, 0.3) is 0 Å². The Morgan fingerprint density at radius 3 is 2.81 bits per heavy atom. The largest absolute Gasteiger partial charge is 0.373 e. The first-order valence-electron chi connectivity index (χ1n) is 5.79. The minimum Gasteiger partial charge on any atom is -0.373 e. The molecule has 0 aliphatic heterocycles. The van der Waals surface area contributed by atoms with Gasteiger partial charge in [-0.1, -0.05) is 18.2 Å². The fourth-order valence-corrected chi connectivity index (χ4v) is 2.09. The second-order valence-corrected chi connectivity index (χ2v) is 4.42. The third-order valence-corrected chi connectivity index (χ3v) is 3.12. The van der Waals surface area contributed by atoms with Crippen molar-refractivity contribution in [1.29, 1.82) is 0 Å². The maximum atomic E-state index is 13.3. The van der Waals surface area contributed by atoms with Crippen LogP contribution in [0.5, 0.6) is 0 Å². The highest BCUT2D eigenvalue weighted by molar-refractivity contribution is 5.16. The predicted octanol–water partition coefficient (Wildman–Crippen LogP) is 2.34. The van der Waals surface area contributed by atoms with Gasteiger partial charge in [0.2, 0.25) is 0 Å². The molecule has 1 aliphatic carbocycles. The minimum atomic E-state index is -0.173. The van der Waals surface area contributed by atoms with Crippen LogP contribution in [0.4, 0.5) is 4.39 Å². The zero-order chi connectivity index (χ0) is 11.4. The summed E-state index contributed by atoms with van der Waals surface area (Å²) in [6.45, 7) is 1.45. The molecule has 0 saturated heterocycles. The number of hydrogen-bond acceptors (Lipinski definition) is 2. The van der Waals surface area contributed by atoms with E-state index in [4.69, 9.17) is 4.74 Å². The van der Waals surface area contributed by atoms with Gasteiger partial charge < -0.3 is 10.1 Å².